The largest absolute Gasteiger partial charge is 0.393 e. The summed E-state index contributed by atoms with van der Waals surface area (Å²) in [6.07, 6.45) is 11.7. The first-order valence-corrected chi connectivity index (χ1v) is 13.0. The van der Waals surface area contributed by atoms with E-state index in [0.29, 0.717) is 42.6 Å². The van der Waals surface area contributed by atoms with E-state index >= 15 is 0 Å². The van der Waals surface area contributed by atoms with E-state index in [4.69, 9.17) is 0 Å². The Labute approximate surface area is 189 Å². The van der Waals surface area contributed by atoms with E-state index in [0.717, 1.165) is 38.0 Å². The third kappa shape index (κ3) is 3.90. The third-order valence-corrected chi connectivity index (χ3v) is 10.8. The SMILES string of the molecule is C=CCNC(=O)CC[C@@H](C)[C@H]1CC[C@H]2[C@@H]3CC[C@@H]4C[C@H](O)CC[C@]4(C)[C@H]3C[C@H](O)[C@]12C. The van der Waals surface area contributed by atoms with E-state index in [9.17, 15) is 15.0 Å². The van der Waals surface area contributed by atoms with Crippen LogP contribution in [0.2, 0.25) is 0 Å². The van der Waals surface area contributed by atoms with Crippen molar-refractivity contribution in [2.75, 3.05) is 6.54 Å². The lowest BCUT2D eigenvalue weighted by molar-refractivity contribution is -0.174. The van der Waals surface area contributed by atoms with Crippen molar-refractivity contribution in [1.29, 1.82) is 0 Å². The highest BCUT2D eigenvalue weighted by Crippen LogP contribution is 2.68. The smallest absolute Gasteiger partial charge is 0.220 e. The van der Waals surface area contributed by atoms with Crippen LogP contribution in [0, 0.1) is 46.3 Å². The van der Waals surface area contributed by atoms with Crippen molar-refractivity contribution in [2.24, 2.45) is 46.3 Å². The molecule has 1 amide bonds. The molecule has 0 spiro atoms. The van der Waals surface area contributed by atoms with Crippen molar-refractivity contribution in [1.82, 2.24) is 5.32 Å². The summed E-state index contributed by atoms with van der Waals surface area (Å²) in [5.41, 5.74) is 0.271. The second-order valence-corrected chi connectivity index (χ2v) is 12.0. The van der Waals surface area contributed by atoms with Crippen LogP contribution < -0.4 is 5.32 Å². The molecule has 4 nitrogen and oxygen atoms in total. The second-order valence-electron chi connectivity index (χ2n) is 12.0. The van der Waals surface area contributed by atoms with Gasteiger partial charge in [0.2, 0.25) is 5.91 Å². The predicted molar refractivity (Wildman–Crippen MR) is 124 cm³/mol. The first-order valence-electron chi connectivity index (χ1n) is 13.0. The number of carbonyl (C=O) groups excluding carboxylic acids is 1. The molecule has 4 saturated carbocycles. The molecule has 3 N–H and O–H groups in total. The first kappa shape index (κ1) is 23.3. The Hall–Kier alpha value is -0.870. The van der Waals surface area contributed by atoms with Gasteiger partial charge < -0.3 is 15.5 Å². The Morgan fingerprint density at radius 3 is 2.65 bits per heavy atom. The van der Waals surface area contributed by atoms with Crippen molar-refractivity contribution in [3.05, 3.63) is 12.7 Å². The molecule has 4 rings (SSSR count). The summed E-state index contributed by atoms with van der Waals surface area (Å²) >= 11 is 0. The molecule has 10 atom stereocenters. The lowest BCUT2D eigenvalue weighted by atomic mass is 9.43. The summed E-state index contributed by atoms with van der Waals surface area (Å²) < 4.78 is 0. The fourth-order valence-electron chi connectivity index (χ4n) is 8.99. The van der Waals surface area contributed by atoms with Gasteiger partial charge >= 0.3 is 0 Å². The minimum Gasteiger partial charge on any atom is -0.393 e. The van der Waals surface area contributed by atoms with Gasteiger partial charge in [-0.25, -0.2) is 0 Å². The number of hydrogen-bond acceptors (Lipinski definition) is 3. The molecule has 176 valence electrons. The highest BCUT2D eigenvalue weighted by Gasteiger charge is 2.63. The number of nitrogens with one attached hydrogen (secondary N) is 1. The van der Waals surface area contributed by atoms with E-state index in [-0.39, 0.29) is 28.9 Å². The average Bonchev–Trinajstić information content (AvgIpc) is 3.10. The molecule has 0 aromatic heterocycles. The van der Waals surface area contributed by atoms with Crippen LogP contribution in [0.3, 0.4) is 0 Å². The zero-order valence-corrected chi connectivity index (χ0v) is 20.0. The number of aliphatic hydroxyl groups is 2. The zero-order chi connectivity index (χ0) is 22.4. The zero-order valence-electron chi connectivity index (χ0n) is 20.0. The third-order valence-electron chi connectivity index (χ3n) is 10.8. The maximum absolute atomic E-state index is 12.1. The molecule has 0 bridgehead atoms. The number of amides is 1. The van der Waals surface area contributed by atoms with Crippen LogP contribution in [-0.2, 0) is 4.79 Å². The van der Waals surface area contributed by atoms with Crippen LogP contribution in [0.25, 0.3) is 0 Å². The standard InChI is InChI=1S/C27H45NO3/c1-5-14-28-25(31)11-6-17(2)21-9-10-22-20-8-7-18-15-19(29)12-13-26(18,3)23(20)16-24(30)27(21,22)4/h5,17-24,29-30H,1,6-16H2,2-4H3,(H,28,31)/t17-,18-,19-,20+,21-,22+,23+,24+,26+,27-/m1/s1. The molecule has 0 aliphatic heterocycles. The van der Waals surface area contributed by atoms with Crippen LogP contribution in [0.15, 0.2) is 12.7 Å². The van der Waals surface area contributed by atoms with Gasteiger partial charge in [0, 0.05) is 13.0 Å². The Morgan fingerprint density at radius 2 is 1.90 bits per heavy atom. The fourth-order valence-corrected chi connectivity index (χ4v) is 8.99. The fraction of sp³-hybridized carbons (Fsp3) is 0.889. The number of aliphatic hydroxyl groups excluding tert-OH is 2. The Bertz CT molecular complexity index is 679. The molecule has 0 heterocycles. The van der Waals surface area contributed by atoms with E-state index in [1.54, 1.807) is 6.08 Å². The Morgan fingerprint density at radius 1 is 1.13 bits per heavy atom. The summed E-state index contributed by atoms with van der Waals surface area (Å²) in [6, 6.07) is 0. The first-order chi connectivity index (χ1) is 14.7. The normalized spacial score (nSPS) is 47.6. The van der Waals surface area contributed by atoms with Gasteiger partial charge in [-0.05, 0) is 104 Å². The van der Waals surface area contributed by atoms with E-state index < -0.39 is 0 Å². The van der Waals surface area contributed by atoms with Gasteiger partial charge in [0.1, 0.15) is 0 Å². The molecule has 4 heteroatoms. The van der Waals surface area contributed by atoms with Gasteiger partial charge in [-0.15, -0.1) is 6.58 Å². The molecule has 4 fully saturated rings. The molecule has 0 radical (unpaired) electrons. The van der Waals surface area contributed by atoms with Gasteiger partial charge in [0.15, 0.2) is 0 Å². The predicted octanol–water partition coefficient (Wildman–Crippen LogP) is 4.70. The average molecular weight is 432 g/mol. The monoisotopic (exact) mass is 431 g/mol. The number of fused-ring (bicyclic) bond motifs is 5. The van der Waals surface area contributed by atoms with Crippen molar-refractivity contribution < 1.29 is 15.0 Å². The number of rotatable bonds is 6. The molecular formula is C27H45NO3. The minimum atomic E-state index is -0.245. The topological polar surface area (TPSA) is 69.6 Å². The summed E-state index contributed by atoms with van der Waals surface area (Å²) in [5, 5.41) is 24.8. The van der Waals surface area contributed by atoms with Gasteiger partial charge in [0.05, 0.1) is 12.2 Å². The molecule has 4 aliphatic carbocycles. The maximum atomic E-state index is 12.1. The molecular weight excluding hydrogens is 386 g/mol. The van der Waals surface area contributed by atoms with Crippen LogP contribution in [-0.4, -0.2) is 34.9 Å². The van der Waals surface area contributed by atoms with Gasteiger partial charge in [-0.3, -0.25) is 4.79 Å². The lowest BCUT2D eigenvalue weighted by Crippen LogP contribution is -2.58. The van der Waals surface area contributed by atoms with Gasteiger partial charge in [-0.2, -0.15) is 0 Å². The Kier molecular flexibility index (Phi) is 6.63. The van der Waals surface area contributed by atoms with E-state index in [2.05, 4.69) is 32.7 Å². The van der Waals surface area contributed by atoms with E-state index in [1.165, 1.54) is 25.7 Å². The number of hydrogen-bond donors (Lipinski definition) is 3. The van der Waals surface area contributed by atoms with Crippen molar-refractivity contribution >= 4 is 5.91 Å². The van der Waals surface area contributed by atoms with Crippen molar-refractivity contribution in [3.8, 4) is 0 Å². The summed E-state index contributed by atoms with van der Waals surface area (Å²) in [6.45, 7) is 11.4. The number of carbonyl (C=O) groups is 1. The quantitative estimate of drug-likeness (QED) is 0.534. The van der Waals surface area contributed by atoms with Crippen LogP contribution in [0.5, 0.6) is 0 Å². The highest BCUT2D eigenvalue weighted by molar-refractivity contribution is 5.75. The molecule has 4 aliphatic rings. The molecule has 0 aromatic rings. The second kappa shape index (κ2) is 8.82. The van der Waals surface area contributed by atoms with Crippen LogP contribution in [0.1, 0.15) is 85.0 Å². The summed E-state index contributed by atoms with van der Waals surface area (Å²) in [4.78, 5) is 12.1. The molecule has 0 saturated heterocycles. The van der Waals surface area contributed by atoms with Gasteiger partial charge in [0.25, 0.3) is 0 Å². The lowest BCUT2D eigenvalue weighted by Gasteiger charge is -2.62. The van der Waals surface area contributed by atoms with Crippen molar-refractivity contribution in [2.45, 2.75) is 97.2 Å². The molecule has 31 heavy (non-hydrogen) atoms. The van der Waals surface area contributed by atoms with Crippen LogP contribution >= 0.6 is 0 Å². The summed E-state index contributed by atoms with van der Waals surface area (Å²) in [7, 11) is 0. The van der Waals surface area contributed by atoms with Gasteiger partial charge in [-0.1, -0.05) is 26.8 Å². The minimum absolute atomic E-state index is 0.0183. The summed E-state index contributed by atoms with van der Waals surface area (Å²) in [5.74, 6) is 3.61. The van der Waals surface area contributed by atoms with E-state index in [1.807, 2.05) is 0 Å². The highest BCUT2D eigenvalue weighted by atomic mass is 16.3. The van der Waals surface area contributed by atoms with Crippen LogP contribution in [0.4, 0.5) is 0 Å². The maximum Gasteiger partial charge on any atom is 0.220 e. The Balaban J connectivity index is 1.47. The molecule has 0 unspecified atom stereocenters. The van der Waals surface area contributed by atoms with Crippen molar-refractivity contribution in [3.63, 3.8) is 0 Å². The molecule has 0 aromatic carbocycles.